The van der Waals surface area contributed by atoms with E-state index in [0.29, 0.717) is 19.0 Å². The summed E-state index contributed by atoms with van der Waals surface area (Å²) in [7, 11) is -1.40. The van der Waals surface area contributed by atoms with Gasteiger partial charge < -0.3 is 4.74 Å². The van der Waals surface area contributed by atoms with Gasteiger partial charge in [0.05, 0.1) is 12.4 Å². The molecule has 0 spiro atoms. The summed E-state index contributed by atoms with van der Waals surface area (Å²) in [6.45, 7) is 1.32. The third-order valence-electron chi connectivity index (χ3n) is 4.53. The zero-order valence-corrected chi connectivity index (χ0v) is 13.3. The molecule has 0 aromatic heterocycles. The molecule has 1 aromatic rings. The van der Waals surface area contributed by atoms with Crippen molar-refractivity contribution in [1.82, 2.24) is 4.31 Å². The van der Waals surface area contributed by atoms with Crippen LogP contribution in [0, 0.1) is 0 Å². The summed E-state index contributed by atoms with van der Waals surface area (Å²) < 4.78 is 31.9. The average Bonchev–Trinajstić information content (AvgIpc) is 3.33. The number of ether oxygens (including phenoxy) is 1. The summed E-state index contributed by atoms with van der Waals surface area (Å²) in [4.78, 5) is 0. The monoisotopic (exact) mass is 309 g/mol. The Balaban J connectivity index is 1.78. The molecule has 3 rings (SSSR count). The second-order valence-corrected chi connectivity index (χ2v) is 8.28. The van der Waals surface area contributed by atoms with Gasteiger partial charge in [0.2, 0.25) is 10.0 Å². The van der Waals surface area contributed by atoms with Crippen LogP contribution in [-0.2, 0) is 10.0 Å². The minimum absolute atomic E-state index is 0.105. The number of hydrogen-bond acceptors (Lipinski definition) is 3. The van der Waals surface area contributed by atoms with Crippen LogP contribution in [-0.4, -0.2) is 38.2 Å². The van der Waals surface area contributed by atoms with Gasteiger partial charge in [0.1, 0.15) is 5.75 Å². The highest BCUT2D eigenvalue weighted by Gasteiger charge is 2.41. The van der Waals surface area contributed by atoms with Gasteiger partial charge in [-0.3, -0.25) is 0 Å². The van der Waals surface area contributed by atoms with Crippen LogP contribution >= 0.6 is 0 Å². The third-order valence-corrected chi connectivity index (χ3v) is 6.89. The SMILES string of the molecule is COc1ccc(C2CCCCN(S(=O)(=O)C3CC3)C2)cc1. The van der Waals surface area contributed by atoms with E-state index < -0.39 is 10.0 Å². The quantitative estimate of drug-likeness (QED) is 0.859. The molecule has 21 heavy (non-hydrogen) atoms. The molecule has 1 aromatic carbocycles. The van der Waals surface area contributed by atoms with Crippen LogP contribution in [0.15, 0.2) is 24.3 Å². The fourth-order valence-corrected chi connectivity index (χ4v) is 4.99. The Morgan fingerprint density at radius 3 is 2.43 bits per heavy atom. The Morgan fingerprint density at radius 2 is 1.81 bits per heavy atom. The van der Waals surface area contributed by atoms with Crippen molar-refractivity contribution in [1.29, 1.82) is 0 Å². The fourth-order valence-electron chi connectivity index (χ4n) is 3.06. The Morgan fingerprint density at radius 1 is 1.10 bits per heavy atom. The first-order valence-corrected chi connectivity index (χ1v) is 9.24. The number of methoxy groups -OCH3 is 1. The molecule has 2 fully saturated rings. The summed E-state index contributed by atoms with van der Waals surface area (Å²) in [6.07, 6.45) is 4.80. The van der Waals surface area contributed by atoms with Gasteiger partial charge in [-0.25, -0.2) is 12.7 Å². The first kappa shape index (κ1) is 14.9. The van der Waals surface area contributed by atoms with Gasteiger partial charge in [-0.05, 0) is 49.3 Å². The van der Waals surface area contributed by atoms with Gasteiger partial charge in [-0.1, -0.05) is 18.6 Å². The highest BCUT2D eigenvalue weighted by Crippen LogP contribution is 2.35. The Labute approximate surface area is 127 Å². The summed E-state index contributed by atoms with van der Waals surface area (Å²) in [5.41, 5.74) is 1.22. The Bertz CT molecular complexity index is 578. The lowest BCUT2D eigenvalue weighted by atomic mass is 9.94. The van der Waals surface area contributed by atoms with E-state index in [-0.39, 0.29) is 5.25 Å². The van der Waals surface area contributed by atoms with Crippen LogP contribution in [0.3, 0.4) is 0 Å². The van der Waals surface area contributed by atoms with Crippen molar-refractivity contribution in [2.75, 3.05) is 20.2 Å². The zero-order valence-electron chi connectivity index (χ0n) is 12.5. The predicted octanol–water partition coefficient (Wildman–Crippen LogP) is 2.76. The zero-order chi connectivity index (χ0) is 14.9. The lowest BCUT2D eigenvalue weighted by Crippen LogP contribution is -2.36. The highest BCUT2D eigenvalue weighted by atomic mass is 32.2. The molecule has 0 bridgehead atoms. The normalized spacial score (nSPS) is 24.5. The second-order valence-electron chi connectivity index (χ2n) is 6.07. The van der Waals surface area contributed by atoms with E-state index in [9.17, 15) is 8.42 Å². The van der Waals surface area contributed by atoms with Gasteiger partial charge >= 0.3 is 0 Å². The van der Waals surface area contributed by atoms with Crippen LogP contribution < -0.4 is 4.74 Å². The molecule has 0 radical (unpaired) electrons. The molecule has 4 nitrogen and oxygen atoms in total. The van der Waals surface area contributed by atoms with Gasteiger partial charge in [0.25, 0.3) is 0 Å². The van der Waals surface area contributed by atoms with Crippen molar-refractivity contribution < 1.29 is 13.2 Å². The van der Waals surface area contributed by atoms with Crippen molar-refractivity contribution in [3.8, 4) is 5.75 Å². The molecule has 1 atom stereocenters. The molecule has 1 aliphatic heterocycles. The van der Waals surface area contributed by atoms with Crippen molar-refractivity contribution >= 4 is 10.0 Å². The topological polar surface area (TPSA) is 46.6 Å². The standard InChI is InChI=1S/C16H23NO3S/c1-20-15-7-5-13(6-8-15)14-4-2-3-11-17(12-14)21(18,19)16-9-10-16/h5-8,14,16H,2-4,9-12H2,1H3. The van der Waals surface area contributed by atoms with E-state index in [1.54, 1.807) is 11.4 Å². The van der Waals surface area contributed by atoms with E-state index in [0.717, 1.165) is 37.9 Å². The van der Waals surface area contributed by atoms with E-state index in [2.05, 4.69) is 12.1 Å². The number of hydrogen-bond donors (Lipinski definition) is 0. The smallest absolute Gasteiger partial charge is 0.217 e. The van der Waals surface area contributed by atoms with Crippen LogP contribution in [0.2, 0.25) is 0 Å². The molecular weight excluding hydrogens is 286 g/mol. The predicted molar refractivity (Wildman–Crippen MR) is 83.1 cm³/mol. The van der Waals surface area contributed by atoms with E-state index in [1.807, 2.05) is 12.1 Å². The molecule has 1 aliphatic carbocycles. The second kappa shape index (κ2) is 5.97. The Hall–Kier alpha value is -1.07. The number of nitrogens with zero attached hydrogens (tertiary/aromatic N) is 1. The molecular formula is C16H23NO3S. The van der Waals surface area contributed by atoms with Crippen LogP contribution in [0.4, 0.5) is 0 Å². The van der Waals surface area contributed by atoms with Gasteiger partial charge in [-0.15, -0.1) is 0 Å². The molecule has 5 heteroatoms. The molecule has 2 aliphatic rings. The minimum Gasteiger partial charge on any atom is -0.497 e. The fraction of sp³-hybridized carbons (Fsp3) is 0.625. The summed E-state index contributed by atoms with van der Waals surface area (Å²) in [5.74, 6) is 1.14. The van der Waals surface area contributed by atoms with Crippen molar-refractivity contribution in [2.24, 2.45) is 0 Å². The summed E-state index contributed by atoms with van der Waals surface area (Å²) in [5, 5.41) is -0.105. The first-order valence-electron chi connectivity index (χ1n) is 7.74. The molecule has 0 N–H and O–H groups in total. The van der Waals surface area contributed by atoms with Crippen LogP contribution in [0.1, 0.15) is 43.6 Å². The van der Waals surface area contributed by atoms with Gasteiger partial charge in [-0.2, -0.15) is 0 Å². The van der Waals surface area contributed by atoms with Crippen LogP contribution in [0.5, 0.6) is 5.75 Å². The molecule has 1 saturated carbocycles. The lowest BCUT2D eigenvalue weighted by molar-refractivity contribution is 0.403. The lowest BCUT2D eigenvalue weighted by Gasteiger charge is -2.24. The number of benzene rings is 1. The largest absolute Gasteiger partial charge is 0.497 e. The van der Waals surface area contributed by atoms with Crippen molar-refractivity contribution in [3.63, 3.8) is 0 Å². The summed E-state index contributed by atoms with van der Waals surface area (Å²) >= 11 is 0. The van der Waals surface area contributed by atoms with Crippen molar-refractivity contribution in [2.45, 2.75) is 43.3 Å². The van der Waals surface area contributed by atoms with E-state index in [4.69, 9.17) is 4.74 Å². The minimum atomic E-state index is -3.06. The maximum Gasteiger partial charge on any atom is 0.217 e. The maximum absolute atomic E-state index is 12.5. The molecule has 1 heterocycles. The Kier molecular flexibility index (Phi) is 4.22. The molecule has 116 valence electrons. The van der Waals surface area contributed by atoms with Crippen LogP contribution in [0.25, 0.3) is 0 Å². The average molecular weight is 309 g/mol. The van der Waals surface area contributed by atoms with E-state index >= 15 is 0 Å². The summed E-state index contributed by atoms with van der Waals surface area (Å²) in [6, 6.07) is 8.05. The highest BCUT2D eigenvalue weighted by molar-refractivity contribution is 7.90. The molecule has 0 amide bonds. The number of sulfonamides is 1. The third kappa shape index (κ3) is 3.24. The van der Waals surface area contributed by atoms with Gasteiger partial charge in [0, 0.05) is 13.1 Å². The molecule has 1 unspecified atom stereocenters. The molecule has 1 saturated heterocycles. The van der Waals surface area contributed by atoms with Crippen molar-refractivity contribution in [3.05, 3.63) is 29.8 Å². The maximum atomic E-state index is 12.5. The van der Waals surface area contributed by atoms with E-state index in [1.165, 1.54) is 5.56 Å². The van der Waals surface area contributed by atoms with Gasteiger partial charge in [0.15, 0.2) is 0 Å². The number of rotatable bonds is 4. The first-order chi connectivity index (χ1) is 10.1.